The van der Waals surface area contributed by atoms with Gasteiger partial charge in [-0.25, -0.2) is 0 Å². The van der Waals surface area contributed by atoms with E-state index in [4.69, 9.17) is 9.47 Å². The first-order valence-electron chi connectivity index (χ1n) is 6.68. The molecule has 0 aromatic heterocycles. The quantitative estimate of drug-likeness (QED) is 0.428. The molecular weight excluding hydrogens is 260 g/mol. The van der Waals surface area contributed by atoms with E-state index in [1.807, 2.05) is 0 Å². The molecule has 1 N–H and O–H groups in total. The number of ether oxygens (including phenoxy) is 2. The number of nitro groups is 1. The highest BCUT2D eigenvalue weighted by atomic mass is 16.6. The molecule has 6 heteroatoms. The lowest BCUT2D eigenvalue weighted by Gasteiger charge is -2.09. The van der Waals surface area contributed by atoms with E-state index in [0.717, 1.165) is 25.3 Å². The van der Waals surface area contributed by atoms with Crippen molar-refractivity contribution in [3.63, 3.8) is 0 Å². The van der Waals surface area contributed by atoms with E-state index in [0.29, 0.717) is 12.5 Å². The normalized spacial score (nSPS) is 10.6. The average molecular weight is 282 g/mol. The third kappa shape index (κ3) is 5.44. The number of methoxy groups -OCH3 is 1. The Hall–Kier alpha value is -1.82. The van der Waals surface area contributed by atoms with Crippen molar-refractivity contribution in [1.82, 2.24) is 0 Å². The van der Waals surface area contributed by atoms with Gasteiger partial charge in [-0.15, -0.1) is 0 Å². The number of hydrogen-bond acceptors (Lipinski definition) is 5. The lowest BCUT2D eigenvalue weighted by molar-refractivity contribution is -0.385. The molecule has 6 nitrogen and oxygen atoms in total. The van der Waals surface area contributed by atoms with Gasteiger partial charge in [0.05, 0.1) is 12.0 Å². The Morgan fingerprint density at radius 3 is 2.75 bits per heavy atom. The summed E-state index contributed by atoms with van der Waals surface area (Å²) in [6, 6.07) is 4.75. The smallest absolute Gasteiger partial charge is 0.311 e. The molecule has 0 spiro atoms. The molecule has 0 saturated carbocycles. The van der Waals surface area contributed by atoms with Gasteiger partial charge in [-0.1, -0.05) is 13.8 Å². The molecule has 0 unspecified atom stereocenters. The molecule has 0 heterocycles. The van der Waals surface area contributed by atoms with Crippen molar-refractivity contribution in [3.05, 3.63) is 28.3 Å². The lowest BCUT2D eigenvalue weighted by atomic mass is 10.2. The van der Waals surface area contributed by atoms with Crippen molar-refractivity contribution in [2.45, 2.75) is 20.3 Å². The molecule has 112 valence electrons. The van der Waals surface area contributed by atoms with Crippen LogP contribution in [0.15, 0.2) is 18.2 Å². The minimum absolute atomic E-state index is 0.0293. The molecule has 0 aliphatic carbocycles. The summed E-state index contributed by atoms with van der Waals surface area (Å²) in [5.74, 6) is 0.804. The predicted molar refractivity (Wildman–Crippen MR) is 78.4 cm³/mol. The van der Waals surface area contributed by atoms with Crippen LogP contribution in [-0.4, -0.2) is 31.8 Å². The maximum absolute atomic E-state index is 10.8. The van der Waals surface area contributed by atoms with Crippen LogP contribution >= 0.6 is 0 Å². The zero-order valence-corrected chi connectivity index (χ0v) is 12.2. The maximum Gasteiger partial charge on any atom is 0.311 e. The highest BCUT2D eigenvalue weighted by Gasteiger charge is 2.14. The number of nitro benzene ring substituents is 1. The highest BCUT2D eigenvalue weighted by molar-refractivity contribution is 5.57. The average Bonchev–Trinajstić information content (AvgIpc) is 2.41. The van der Waals surface area contributed by atoms with Gasteiger partial charge in [-0.3, -0.25) is 10.1 Å². The molecule has 0 fully saturated rings. The van der Waals surface area contributed by atoms with E-state index in [9.17, 15) is 10.1 Å². The summed E-state index contributed by atoms with van der Waals surface area (Å²) < 4.78 is 10.5. The number of nitrogens with zero attached hydrogens (tertiary/aromatic N) is 1. The van der Waals surface area contributed by atoms with E-state index < -0.39 is 4.92 Å². The Kier molecular flexibility index (Phi) is 6.79. The van der Waals surface area contributed by atoms with Gasteiger partial charge >= 0.3 is 5.69 Å². The van der Waals surface area contributed by atoms with Crippen LogP contribution in [0.5, 0.6) is 5.75 Å². The number of anilines is 1. The summed E-state index contributed by atoms with van der Waals surface area (Å²) >= 11 is 0. The van der Waals surface area contributed by atoms with Crippen molar-refractivity contribution in [2.24, 2.45) is 5.92 Å². The van der Waals surface area contributed by atoms with Crippen molar-refractivity contribution in [1.29, 1.82) is 0 Å². The molecule has 1 rings (SSSR count). The Labute approximate surface area is 119 Å². The predicted octanol–water partition coefficient (Wildman–Crippen LogP) is 3.08. The molecule has 0 saturated heterocycles. The summed E-state index contributed by atoms with van der Waals surface area (Å²) in [5.41, 5.74) is 0.773. The molecule has 20 heavy (non-hydrogen) atoms. The maximum atomic E-state index is 10.8. The van der Waals surface area contributed by atoms with Crippen LogP contribution in [0.1, 0.15) is 20.3 Å². The van der Waals surface area contributed by atoms with Crippen molar-refractivity contribution in [2.75, 3.05) is 32.2 Å². The number of benzene rings is 1. The Balaban J connectivity index is 2.39. The summed E-state index contributed by atoms with van der Waals surface area (Å²) in [5, 5.41) is 14.0. The van der Waals surface area contributed by atoms with Gasteiger partial charge in [0, 0.05) is 37.6 Å². The second kappa shape index (κ2) is 8.37. The second-order valence-electron chi connectivity index (χ2n) is 4.89. The minimum atomic E-state index is -0.456. The van der Waals surface area contributed by atoms with Gasteiger partial charge in [-0.2, -0.15) is 0 Å². The van der Waals surface area contributed by atoms with E-state index in [1.165, 1.54) is 13.2 Å². The summed E-state index contributed by atoms with van der Waals surface area (Å²) in [6.07, 6.45) is 0.881. The Morgan fingerprint density at radius 2 is 2.15 bits per heavy atom. The van der Waals surface area contributed by atoms with E-state index in [2.05, 4.69) is 19.2 Å². The van der Waals surface area contributed by atoms with Crippen LogP contribution in [0.3, 0.4) is 0 Å². The fourth-order valence-corrected chi connectivity index (χ4v) is 1.66. The molecule has 0 amide bonds. The lowest BCUT2D eigenvalue weighted by Crippen LogP contribution is -2.08. The number of hydrogen-bond donors (Lipinski definition) is 1. The van der Waals surface area contributed by atoms with Crippen LogP contribution in [0, 0.1) is 16.0 Å². The van der Waals surface area contributed by atoms with Crippen molar-refractivity contribution < 1.29 is 14.4 Å². The monoisotopic (exact) mass is 282 g/mol. The highest BCUT2D eigenvalue weighted by Crippen LogP contribution is 2.29. The van der Waals surface area contributed by atoms with Gasteiger partial charge in [-0.05, 0) is 18.4 Å². The third-order valence-electron chi connectivity index (χ3n) is 2.62. The first-order valence-corrected chi connectivity index (χ1v) is 6.68. The first kappa shape index (κ1) is 16.2. The Bertz CT molecular complexity index is 435. The zero-order valence-electron chi connectivity index (χ0n) is 12.2. The van der Waals surface area contributed by atoms with Crippen LogP contribution in [-0.2, 0) is 4.74 Å². The van der Waals surface area contributed by atoms with Gasteiger partial charge in [0.2, 0.25) is 0 Å². The number of rotatable bonds is 9. The van der Waals surface area contributed by atoms with Crippen LogP contribution in [0.2, 0.25) is 0 Å². The molecule has 1 aromatic rings. The molecule has 0 atom stereocenters. The summed E-state index contributed by atoms with van der Waals surface area (Å²) in [7, 11) is 1.42. The second-order valence-corrected chi connectivity index (χ2v) is 4.89. The van der Waals surface area contributed by atoms with E-state index in [-0.39, 0.29) is 11.4 Å². The topological polar surface area (TPSA) is 73.6 Å². The van der Waals surface area contributed by atoms with Crippen LogP contribution < -0.4 is 10.1 Å². The SMILES string of the molecule is COc1cc(NCCCOCC(C)C)ccc1[N+](=O)[O-]. The molecule has 0 bridgehead atoms. The number of nitrogens with one attached hydrogen (secondary N) is 1. The van der Waals surface area contributed by atoms with Gasteiger partial charge in [0.15, 0.2) is 5.75 Å². The van der Waals surface area contributed by atoms with Crippen LogP contribution in [0.25, 0.3) is 0 Å². The molecule has 0 radical (unpaired) electrons. The van der Waals surface area contributed by atoms with Gasteiger partial charge in [0.1, 0.15) is 0 Å². The molecule has 0 aliphatic heterocycles. The fourth-order valence-electron chi connectivity index (χ4n) is 1.66. The standard InChI is InChI=1S/C14H22N2O4/c1-11(2)10-20-8-4-7-15-12-5-6-13(16(17)18)14(9-12)19-3/h5-6,9,11,15H,4,7-8,10H2,1-3H3. The van der Waals surface area contributed by atoms with E-state index in [1.54, 1.807) is 12.1 Å². The van der Waals surface area contributed by atoms with Gasteiger partial charge in [0.25, 0.3) is 0 Å². The molecule has 0 aliphatic rings. The largest absolute Gasteiger partial charge is 0.490 e. The third-order valence-corrected chi connectivity index (χ3v) is 2.62. The van der Waals surface area contributed by atoms with Crippen molar-refractivity contribution in [3.8, 4) is 5.75 Å². The van der Waals surface area contributed by atoms with Crippen LogP contribution in [0.4, 0.5) is 11.4 Å². The molecular formula is C14H22N2O4. The Morgan fingerprint density at radius 1 is 1.40 bits per heavy atom. The van der Waals surface area contributed by atoms with E-state index >= 15 is 0 Å². The zero-order chi connectivity index (χ0) is 15.0. The summed E-state index contributed by atoms with van der Waals surface area (Å²) in [4.78, 5) is 10.3. The summed E-state index contributed by atoms with van der Waals surface area (Å²) in [6.45, 7) is 6.45. The minimum Gasteiger partial charge on any atom is -0.490 e. The molecule has 1 aromatic carbocycles. The van der Waals surface area contributed by atoms with Crippen molar-refractivity contribution >= 4 is 11.4 Å². The van der Waals surface area contributed by atoms with Gasteiger partial charge < -0.3 is 14.8 Å². The first-order chi connectivity index (χ1) is 9.54. The fraction of sp³-hybridized carbons (Fsp3) is 0.571.